The maximum absolute atomic E-state index is 10.6. The van der Waals surface area contributed by atoms with Crippen molar-refractivity contribution in [3.8, 4) is 0 Å². The third-order valence-corrected chi connectivity index (χ3v) is 1.40. The summed E-state index contributed by atoms with van der Waals surface area (Å²) in [4.78, 5) is 10.6. The van der Waals surface area contributed by atoms with Crippen molar-refractivity contribution in [2.45, 2.75) is 13.8 Å². The molecule has 0 radical (unpaired) electrons. The summed E-state index contributed by atoms with van der Waals surface area (Å²) in [6.07, 6.45) is 3.52. The molecule has 1 rings (SSSR count). The molecule has 0 unspecified atom stereocenters. The maximum Gasteiger partial charge on any atom is 0.243 e. The van der Waals surface area contributed by atoms with Gasteiger partial charge in [0, 0.05) is 12.0 Å². The topological polar surface area (TPSA) is 29.1 Å². The van der Waals surface area contributed by atoms with E-state index in [1.807, 2.05) is 6.08 Å². The van der Waals surface area contributed by atoms with Crippen molar-refractivity contribution in [2.75, 3.05) is 6.54 Å². The van der Waals surface area contributed by atoms with Crippen LogP contribution in [0.2, 0.25) is 0 Å². The Balaban J connectivity index is 2.69. The molecule has 0 aromatic carbocycles. The number of rotatable bonds is 0. The molecule has 1 aliphatic heterocycles. The zero-order chi connectivity index (χ0) is 6.91. The first-order valence-corrected chi connectivity index (χ1v) is 3.07. The van der Waals surface area contributed by atoms with E-state index in [2.05, 4.69) is 19.2 Å². The van der Waals surface area contributed by atoms with Crippen LogP contribution in [0.25, 0.3) is 0 Å². The Bertz CT molecular complexity index is 158. The van der Waals surface area contributed by atoms with Crippen LogP contribution in [-0.4, -0.2) is 12.5 Å². The van der Waals surface area contributed by atoms with Crippen molar-refractivity contribution in [3.63, 3.8) is 0 Å². The van der Waals surface area contributed by atoms with Gasteiger partial charge in [-0.25, -0.2) is 0 Å². The van der Waals surface area contributed by atoms with E-state index in [0.29, 0.717) is 0 Å². The lowest BCUT2D eigenvalue weighted by atomic mass is 9.91. The van der Waals surface area contributed by atoms with E-state index in [1.165, 1.54) is 0 Å². The van der Waals surface area contributed by atoms with Crippen molar-refractivity contribution >= 4 is 5.91 Å². The first-order valence-electron chi connectivity index (χ1n) is 3.07. The van der Waals surface area contributed by atoms with E-state index in [0.717, 1.165) is 6.54 Å². The average molecular weight is 125 g/mol. The molecule has 50 valence electrons. The van der Waals surface area contributed by atoms with Gasteiger partial charge in [0.15, 0.2) is 0 Å². The molecule has 2 heteroatoms. The first kappa shape index (κ1) is 6.33. The van der Waals surface area contributed by atoms with Crippen molar-refractivity contribution in [1.82, 2.24) is 5.32 Å². The summed E-state index contributed by atoms with van der Waals surface area (Å²) in [5.41, 5.74) is 0.147. The summed E-state index contributed by atoms with van der Waals surface area (Å²) in [7, 11) is 0. The molecule has 2 nitrogen and oxygen atoms in total. The number of hydrogen-bond donors (Lipinski definition) is 1. The summed E-state index contributed by atoms with van der Waals surface area (Å²) in [5.74, 6) is 0.0225. The van der Waals surface area contributed by atoms with Gasteiger partial charge >= 0.3 is 0 Å². The molecule has 0 aliphatic carbocycles. The van der Waals surface area contributed by atoms with Gasteiger partial charge in [-0.05, 0) is 6.08 Å². The van der Waals surface area contributed by atoms with Gasteiger partial charge in [-0.2, -0.15) is 0 Å². The molecule has 1 amide bonds. The second-order valence-electron chi connectivity index (χ2n) is 3.04. The molecule has 1 N–H and O–H groups in total. The number of hydrogen-bond acceptors (Lipinski definition) is 1. The average Bonchev–Trinajstić information content (AvgIpc) is 1.78. The molecule has 0 saturated heterocycles. The van der Waals surface area contributed by atoms with Crippen LogP contribution < -0.4 is 5.32 Å². The standard InChI is InChI=1S/C7H11NO/c1-7(2)4-3-6(9)8-5-7/h3-4H,5H2,1-2H3,(H,8,9). The van der Waals surface area contributed by atoms with Gasteiger partial charge < -0.3 is 5.32 Å². The van der Waals surface area contributed by atoms with Gasteiger partial charge in [0.25, 0.3) is 0 Å². The van der Waals surface area contributed by atoms with Gasteiger partial charge in [0.1, 0.15) is 0 Å². The van der Waals surface area contributed by atoms with E-state index in [-0.39, 0.29) is 11.3 Å². The minimum atomic E-state index is 0.0225. The van der Waals surface area contributed by atoms with Crippen molar-refractivity contribution < 1.29 is 4.79 Å². The van der Waals surface area contributed by atoms with Gasteiger partial charge in [-0.3, -0.25) is 4.79 Å². The largest absolute Gasteiger partial charge is 0.352 e. The lowest BCUT2D eigenvalue weighted by Gasteiger charge is -2.23. The van der Waals surface area contributed by atoms with Gasteiger partial charge in [-0.1, -0.05) is 19.9 Å². The second-order valence-corrected chi connectivity index (χ2v) is 3.04. The Labute approximate surface area is 54.9 Å². The van der Waals surface area contributed by atoms with Crippen LogP contribution in [0.15, 0.2) is 12.2 Å². The summed E-state index contributed by atoms with van der Waals surface area (Å²) in [6.45, 7) is 4.92. The molecule has 0 aromatic heterocycles. The normalized spacial score (nSPS) is 23.6. The highest BCUT2D eigenvalue weighted by Gasteiger charge is 2.18. The molecule has 0 spiro atoms. The van der Waals surface area contributed by atoms with Crippen molar-refractivity contribution in [1.29, 1.82) is 0 Å². The molecule has 0 saturated carbocycles. The van der Waals surface area contributed by atoms with Crippen molar-refractivity contribution in [3.05, 3.63) is 12.2 Å². The Hall–Kier alpha value is -0.790. The van der Waals surface area contributed by atoms with E-state index in [4.69, 9.17) is 0 Å². The SMILES string of the molecule is CC1(C)C=CC(=O)NC1. The van der Waals surface area contributed by atoms with Crippen molar-refractivity contribution in [2.24, 2.45) is 5.41 Å². The van der Waals surface area contributed by atoms with Crippen LogP contribution in [0.4, 0.5) is 0 Å². The minimum absolute atomic E-state index is 0.0225. The number of nitrogens with one attached hydrogen (secondary N) is 1. The smallest absolute Gasteiger partial charge is 0.243 e. The fraction of sp³-hybridized carbons (Fsp3) is 0.571. The Morgan fingerprint density at radius 2 is 2.33 bits per heavy atom. The first-order chi connectivity index (χ1) is 4.10. The zero-order valence-corrected chi connectivity index (χ0v) is 5.77. The van der Waals surface area contributed by atoms with E-state index < -0.39 is 0 Å². The Morgan fingerprint density at radius 3 is 2.67 bits per heavy atom. The highest BCUT2D eigenvalue weighted by atomic mass is 16.1. The van der Waals surface area contributed by atoms with Crippen LogP contribution in [-0.2, 0) is 4.79 Å². The number of carbonyl (C=O) groups is 1. The van der Waals surface area contributed by atoms with Gasteiger partial charge in [-0.15, -0.1) is 0 Å². The third kappa shape index (κ3) is 1.56. The fourth-order valence-corrected chi connectivity index (χ4v) is 0.734. The zero-order valence-electron chi connectivity index (χ0n) is 5.77. The van der Waals surface area contributed by atoms with Crippen LogP contribution in [0.5, 0.6) is 0 Å². The summed E-state index contributed by atoms with van der Waals surface area (Å²) in [5, 5.41) is 2.75. The van der Waals surface area contributed by atoms with Crippen LogP contribution in [0.3, 0.4) is 0 Å². The molecule has 1 heterocycles. The number of amides is 1. The summed E-state index contributed by atoms with van der Waals surface area (Å²) >= 11 is 0. The Morgan fingerprint density at radius 1 is 1.67 bits per heavy atom. The minimum Gasteiger partial charge on any atom is -0.352 e. The monoisotopic (exact) mass is 125 g/mol. The summed E-state index contributed by atoms with van der Waals surface area (Å²) in [6, 6.07) is 0. The van der Waals surface area contributed by atoms with E-state index >= 15 is 0 Å². The molecule has 1 aliphatic rings. The quantitative estimate of drug-likeness (QED) is 0.507. The summed E-state index contributed by atoms with van der Waals surface area (Å²) < 4.78 is 0. The molecule has 9 heavy (non-hydrogen) atoms. The molecule has 0 aromatic rings. The highest BCUT2D eigenvalue weighted by Crippen LogP contribution is 2.17. The highest BCUT2D eigenvalue weighted by molar-refractivity contribution is 5.88. The third-order valence-electron chi connectivity index (χ3n) is 1.40. The van der Waals surface area contributed by atoms with E-state index in [1.54, 1.807) is 6.08 Å². The predicted octanol–water partition coefficient (Wildman–Crippen LogP) is 0.699. The molecular weight excluding hydrogens is 114 g/mol. The number of carbonyl (C=O) groups excluding carboxylic acids is 1. The van der Waals surface area contributed by atoms with Crippen LogP contribution in [0.1, 0.15) is 13.8 Å². The van der Waals surface area contributed by atoms with Gasteiger partial charge in [0.2, 0.25) is 5.91 Å². The lowest BCUT2D eigenvalue weighted by Crippen LogP contribution is -2.35. The van der Waals surface area contributed by atoms with E-state index in [9.17, 15) is 4.79 Å². The molecular formula is C7H11NO. The van der Waals surface area contributed by atoms with Gasteiger partial charge in [0.05, 0.1) is 0 Å². The van der Waals surface area contributed by atoms with Crippen LogP contribution in [0, 0.1) is 5.41 Å². The molecule has 0 bridgehead atoms. The molecule has 0 fully saturated rings. The van der Waals surface area contributed by atoms with Crippen LogP contribution >= 0.6 is 0 Å². The second kappa shape index (κ2) is 1.87. The predicted molar refractivity (Wildman–Crippen MR) is 35.9 cm³/mol. The fourth-order valence-electron chi connectivity index (χ4n) is 0.734. The molecule has 0 atom stereocenters. The maximum atomic E-state index is 10.6. The Kier molecular flexibility index (Phi) is 1.31. The lowest BCUT2D eigenvalue weighted by molar-refractivity contribution is -0.117.